The van der Waals surface area contributed by atoms with E-state index in [0.717, 1.165) is 22.5 Å². The van der Waals surface area contributed by atoms with Crippen molar-refractivity contribution < 1.29 is 33.5 Å². The van der Waals surface area contributed by atoms with Crippen LogP contribution >= 0.6 is 11.3 Å². The van der Waals surface area contributed by atoms with Crippen molar-refractivity contribution in [3.05, 3.63) is 93.3 Å². The van der Waals surface area contributed by atoms with Crippen LogP contribution in [0.15, 0.2) is 76.3 Å². The number of anilines is 1. The van der Waals surface area contributed by atoms with E-state index in [4.69, 9.17) is 19.8 Å². The minimum atomic E-state index is -1.46. The number of oxime groups is 1. The number of hydrogen-bond donors (Lipinski definition) is 3. The number of thiazole rings is 1. The van der Waals surface area contributed by atoms with Crippen LogP contribution in [0.5, 0.6) is 0 Å². The number of aromatic nitrogens is 1. The van der Waals surface area contributed by atoms with E-state index in [1.54, 1.807) is 20.8 Å². The molecule has 2 aliphatic rings. The highest BCUT2D eigenvalue weighted by Gasteiger charge is 2.56. The van der Waals surface area contributed by atoms with E-state index in [-0.39, 0.29) is 35.9 Å². The van der Waals surface area contributed by atoms with E-state index in [2.05, 4.69) is 36.1 Å². The second-order valence-corrected chi connectivity index (χ2v) is 12.6. The lowest BCUT2D eigenvalue weighted by Gasteiger charge is -2.36. The zero-order valence-electron chi connectivity index (χ0n) is 25.7. The van der Waals surface area contributed by atoms with Gasteiger partial charge in [0.25, 0.3) is 5.91 Å². The number of esters is 1. The highest BCUT2D eigenvalue weighted by atomic mass is 32.1. The molecule has 3 N–H and O–H groups in total. The van der Waals surface area contributed by atoms with Crippen LogP contribution in [0.25, 0.3) is 10.4 Å². The van der Waals surface area contributed by atoms with Crippen LogP contribution in [-0.4, -0.2) is 64.4 Å². The normalized spacial score (nSPS) is 18.1. The maximum absolute atomic E-state index is 13.6. The lowest BCUT2D eigenvalue weighted by atomic mass is 9.99. The average Bonchev–Trinajstić information content (AvgIpc) is 3.71. The molecule has 2 aromatic carbocycles. The van der Waals surface area contributed by atoms with Gasteiger partial charge in [-0.1, -0.05) is 70.9 Å². The van der Waals surface area contributed by atoms with Gasteiger partial charge in [0.2, 0.25) is 11.5 Å². The molecule has 0 radical (unpaired) electrons. The van der Waals surface area contributed by atoms with Gasteiger partial charge in [-0.25, -0.2) is 14.6 Å². The molecule has 244 valence electrons. The van der Waals surface area contributed by atoms with Crippen LogP contribution in [0.4, 0.5) is 9.93 Å². The summed E-state index contributed by atoms with van der Waals surface area (Å²) in [4.78, 5) is 64.3. The number of nitrogens with one attached hydrogen (secondary N) is 3. The van der Waals surface area contributed by atoms with Crippen molar-refractivity contribution in [2.24, 2.45) is 10.3 Å². The molecule has 1 saturated carbocycles. The summed E-state index contributed by atoms with van der Waals surface area (Å²) in [6, 6.07) is 16.8. The Kier molecular flexibility index (Phi) is 9.72. The highest BCUT2D eigenvalue weighted by molar-refractivity contribution is 7.14. The predicted octanol–water partition coefficient (Wildman–Crippen LogP) is 4.37. The fraction of sp³-hybridized carbons (Fsp3) is 0.355. The number of carbonyl (C=O) groups excluding carboxylic acids is 4. The highest BCUT2D eigenvalue weighted by Crippen LogP contribution is 2.43. The van der Waals surface area contributed by atoms with Gasteiger partial charge in [-0.05, 0) is 37.4 Å². The van der Waals surface area contributed by atoms with Gasteiger partial charge in [0.1, 0.15) is 17.3 Å². The Morgan fingerprint density at radius 3 is 2.30 bits per heavy atom. The van der Waals surface area contributed by atoms with E-state index in [9.17, 15) is 19.2 Å². The topological polar surface area (TPSA) is 206 Å². The molecule has 1 aromatic heterocycles. The van der Waals surface area contributed by atoms with E-state index >= 15 is 0 Å². The molecule has 3 aromatic rings. The van der Waals surface area contributed by atoms with E-state index < -0.39 is 53.3 Å². The largest absolute Gasteiger partial charge is 0.450 e. The summed E-state index contributed by atoms with van der Waals surface area (Å²) in [5.74, 6) is -2.00. The number of nitrogens with zero attached hydrogens (tertiary/aromatic N) is 5. The Bertz CT molecular complexity index is 1670. The third-order valence-electron chi connectivity index (χ3n) is 7.03. The molecule has 16 heteroatoms. The number of benzene rings is 2. The Morgan fingerprint density at radius 1 is 1.11 bits per heavy atom. The second-order valence-electron chi connectivity index (χ2n) is 11.8. The van der Waals surface area contributed by atoms with Crippen molar-refractivity contribution in [2.75, 3.05) is 11.9 Å². The van der Waals surface area contributed by atoms with Crippen LogP contribution < -0.4 is 16.0 Å². The first kappa shape index (κ1) is 32.9. The van der Waals surface area contributed by atoms with Crippen molar-refractivity contribution in [1.29, 1.82) is 0 Å². The average molecular weight is 661 g/mol. The first-order chi connectivity index (χ1) is 22.5. The van der Waals surface area contributed by atoms with Crippen molar-refractivity contribution in [2.45, 2.75) is 63.0 Å². The Morgan fingerprint density at radius 2 is 1.74 bits per heavy atom. The minimum absolute atomic E-state index is 0.000464. The molecule has 0 spiro atoms. The van der Waals surface area contributed by atoms with Gasteiger partial charge >= 0.3 is 12.1 Å². The van der Waals surface area contributed by atoms with Gasteiger partial charge in [-0.3, -0.25) is 14.9 Å². The number of hydrogen-bond acceptors (Lipinski definition) is 11. The van der Waals surface area contributed by atoms with Gasteiger partial charge in [-0.15, -0.1) is 11.3 Å². The van der Waals surface area contributed by atoms with Crippen molar-refractivity contribution in [3.63, 3.8) is 0 Å². The van der Waals surface area contributed by atoms with Crippen molar-refractivity contribution in [3.8, 4) is 0 Å². The number of azide groups is 1. The van der Waals surface area contributed by atoms with Gasteiger partial charge in [0, 0.05) is 29.7 Å². The van der Waals surface area contributed by atoms with E-state index in [1.807, 2.05) is 60.7 Å². The number of β-lactam (4-membered cyclic amide) rings is 1. The minimum Gasteiger partial charge on any atom is -0.450 e. The Labute approximate surface area is 273 Å². The molecule has 3 amide bonds. The van der Waals surface area contributed by atoms with Crippen LogP contribution in [0, 0.1) is 0 Å². The predicted molar refractivity (Wildman–Crippen MR) is 170 cm³/mol. The lowest BCUT2D eigenvalue weighted by molar-refractivity contribution is -0.164. The fourth-order valence-corrected chi connectivity index (χ4v) is 5.19. The molecule has 15 nitrogen and oxygen atoms in total. The Hall–Kier alpha value is -5.47. The summed E-state index contributed by atoms with van der Waals surface area (Å²) in [6.45, 7) is 5.03. The summed E-state index contributed by atoms with van der Waals surface area (Å²) >= 11 is 0.994. The summed E-state index contributed by atoms with van der Waals surface area (Å²) in [5.41, 5.74) is 7.59. The zero-order valence-corrected chi connectivity index (χ0v) is 26.5. The quantitative estimate of drug-likeness (QED) is 0.0482. The van der Waals surface area contributed by atoms with Crippen LogP contribution in [-0.2, 0) is 28.7 Å². The second kappa shape index (κ2) is 13.9. The van der Waals surface area contributed by atoms with Gasteiger partial charge in [0.05, 0.1) is 6.04 Å². The first-order valence-electron chi connectivity index (χ1n) is 14.6. The molecule has 1 saturated heterocycles. The third-order valence-corrected chi connectivity index (χ3v) is 7.79. The van der Waals surface area contributed by atoms with Gasteiger partial charge in [0.15, 0.2) is 16.9 Å². The molecule has 1 aliphatic heterocycles. The van der Waals surface area contributed by atoms with Gasteiger partial charge in [-0.2, -0.15) is 0 Å². The van der Waals surface area contributed by atoms with Crippen LogP contribution in [0.1, 0.15) is 56.5 Å². The number of ether oxygens (including phenoxy) is 2. The zero-order chi connectivity index (χ0) is 33.6. The summed E-state index contributed by atoms with van der Waals surface area (Å²) < 4.78 is 11.3. The maximum Gasteiger partial charge on any atom is 0.413 e. The molecular weight excluding hydrogens is 628 g/mol. The summed E-state index contributed by atoms with van der Waals surface area (Å²) in [5, 5.41) is 16.7. The molecule has 2 fully saturated rings. The lowest BCUT2D eigenvalue weighted by Crippen LogP contribution is -2.70. The van der Waals surface area contributed by atoms with Crippen LogP contribution in [0.2, 0.25) is 0 Å². The maximum atomic E-state index is 13.6. The molecule has 1 aliphatic carbocycles. The monoisotopic (exact) mass is 660 g/mol. The molecule has 5 rings (SSSR count). The third kappa shape index (κ3) is 8.23. The summed E-state index contributed by atoms with van der Waals surface area (Å²) in [6.07, 6.45) is -0.913. The molecular formula is C31H32N8O7S. The number of amides is 3. The smallest absolute Gasteiger partial charge is 0.413 e. The van der Waals surface area contributed by atoms with Crippen molar-refractivity contribution in [1.82, 2.24) is 15.6 Å². The fourth-order valence-electron chi connectivity index (χ4n) is 4.51. The number of carbonyl (C=O) groups is 4. The molecule has 2 atom stereocenters. The van der Waals surface area contributed by atoms with Crippen LogP contribution in [0.3, 0.4) is 0 Å². The molecule has 47 heavy (non-hydrogen) atoms. The van der Waals surface area contributed by atoms with Crippen molar-refractivity contribution >= 4 is 46.1 Å². The number of rotatable bonds is 12. The van der Waals surface area contributed by atoms with E-state index in [0.29, 0.717) is 0 Å². The standard InChI is InChI=1S/C31H32N8O7S/c1-30(2,3)45-29(43)37-28-35-21(17-47-28)23(26(41)36-22-20(16-33-39-32)34-25(22)40)38-46-31(14-15-31)27(42)44-24(18-10-6-4-7-11-18)19-12-8-5-9-13-19/h4-13,17,20,22,24H,14-16H2,1-3H3,(H,34,40)(H,36,41)(H,35,37,43)/b38-23+/t20-,22+/m1/s1. The molecule has 2 heterocycles. The molecule has 0 bridgehead atoms. The molecule has 0 unspecified atom stereocenters. The van der Waals surface area contributed by atoms with Gasteiger partial charge < -0.3 is 24.9 Å². The van der Waals surface area contributed by atoms with E-state index in [1.165, 1.54) is 5.38 Å². The SMILES string of the molecule is CC(C)(C)OC(=O)Nc1nc(/C(=N\OC2(C(=O)OC(c3ccccc3)c3ccccc3)CC2)C(=O)N[C@@H]2C(=O)N[C@@H]2CN=[N+]=[N-])cs1. The Balaban J connectivity index is 1.38. The first-order valence-corrected chi connectivity index (χ1v) is 15.5. The summed E-state index contributed by atoms with van der Waals surface area (Å²) in [7, 11) is 0.